The maximum atomic E-state index is 13.1. The summed E-state index contributed by atoms with van der Waals surface area (Å²) < 4.78 is 2.20. The van der Waals surface area contributed by atoms with Crippen LogP contribution in [0.1, 0.15) is 40.2 Å². The number of benzene rings is 3. The van der Waals surface area contributed by atoms with Crippen LogP contribution >= 0.6 is 11.3 Å². The van der Waals surface area contributed by atoms with Gasteiger partial charge in [0, 0.05) is 28.9 Å². The SMILES string of the molecule is CC(=O)ON=C(C)c1ccc2c(c1)c1cc(C(=O)c3cccs3)ccc1n2-c1ccc(C)cc1. The number of fused-ring (bicyclic) bond motifs is 3. The highest BCUT2D eigenvalue weighted by Crippen LogP contribution is 2.34. The maximum Gasteiger partial charge on any atom is 0.331 e. The molecule has 0 saturated heterocycles. The minimum atomic E-state index is -0.465. The van der Waals surface area contributed by atoms with Crippen LogP contribution in [0.5, 0.6) is 0 Å². The van der Waals surface area contributed by atoms with Crippen molar-refractivity contribution in [2.45, 2.75) is 20.8 Å². The van der Waals surface area contributed by atoms with Crippen LogP contribution in [0.25, 0.3) is 27.5 Å². The molecule has 168 valence electrons. The molecule has 0 fully saturated rings. The van der Waals surface area contributed by atoms with Crippen molar-refractivity contribution in [3.63, 3.8) is 0 Å². The second kappa shape index (κ2) is 8.72. The molecule has 0 radical (unpaired) electrons. The Balaban J connectivity index is 1.75. The second-order valence-electron chi connectivity index (χ2n) is 8.20. The van der Waals surface area contributed by atoms with Gasteiger partial charge in [-0.1, -0.05) is 35.0 Å². The zero-order valence-electron chi connectivity index (χ0n) is 19.0. The van der Waals surface area contributed by atoms with Crippen LogP contribution in [0.15, 0.2) is 83.3 Å². The fourth-order valence-corrected chi connectivity index (χ4v) is 4.78. The fraction of sp³-hybridized carbons (Fsp3) is 0.107. The predicted octanol–water partition coefficient (Wildman–Crippen LogP) is 6.67. The molecule has 0 aliphatic rings. The van der Waals surface area contributed by atoms with Gasteiger partial charge in [-0.2, -0.15) is 0 Å². The van der Waals surface area contributed by atoms with Gasteiger partial charge in [0.1, 0.15) is 0 Å². The number of nitrogens with zero attached hydrogens (tertiary/aromatic N) is 2. The normalized spacial score (nSPS) is 11.8. The maximum absolute atomic E-state index is 13.1. The Bertz CT molecular complexity index is 1580. The number of carbonyl (C=O) groups excluding carboxylic acids is 2. The highest BCUT2D eigenvalue weighted by atomic mass is 32.1. The monoisotopic (exact) mass is 466 g/mol. The molecule has 0 atom stereocenters. The van der Waals surface area contributed by atoms with Crippen LogP contribution in [0.3, 0.4) is 0 Å². The summed E-state index contributed by atoms with van der Waals surface area (Å²) in [7, 11) is 0. The summed E-state index contributed by atoms with van der Waals surface area (Å²) >= 11 is 1.44. The molecule has 34 heavy (non-hydrogen) atoms. The molecule has 0 N–H and O–H groups in total. The van der Waals surface area contributed by atoms with Crippen LogP contribution in [-0.2, 0) is 9.63 Å². The van der Waals surface area contributed by atoms with Gasteiger partial charge in [-0.25, -0.2) is 4.79 Å². The van der Waals surface area contributed by atoms with Gasteiger partial charge in [0.05, 0.1) is 21.6 Å². The third kappa shape index (κ3) is 3.93. The minimum Gasteiger partial charge on any atom is -0.318 e. The Kier molecular flexibility index (Phi) is 5.59. The van der Waals surface area contributed by atoms with E-state index in [0.717, 1.165) is 33.1 Å². The Hall–Kier alpha value is -4.03. The molecular formula is C28H22N2O3S. The van der Waals surface area contributed by atoms with Crippen molar-refractivity contribution in [1.82, 2.24) is 4.57 Å². The molecule has 5 nitrogen and oxygen atoms in total. The number of rotatable bonds is 5. The molecule has 0 saturated carbocycles. The van der Waals surface area contributed by atoms with E-state index in [-0.39, 0.29) is 5.78 Å². The number of aryl methyl sites for hydroxylation is 1. The lowest BCUT2D eigenvalue weighted by molar-refractivity contribution is -0.140. The number of aromatic nitrogens is 1. The van der Waals surface area contributed by atoms with Crippen molar-refractivity contribution in [3.8, 4) is 5.69 Å². The molecule has 6 heteroatoms. The van der Waals surface area contributed by atoms with Crippen molar-refractivity contribution in [2.24, 2.45) is 5.16 Å². The number of thiophene rings is 1. The first-order chi connectivity index (χ1) is 16.4. The molecule has 0 aliphatic heterocycles. The van der Waals surface area contributed by atoms with Gasteiger partial charge in [-0.3, -0.25) is 4.79 Å². The molecule has 0 unspecified atom stereocenters. The van der Waals surface area contributed by atoms with Crippen molar-refractivity contribution >= 4 is 50.6 Å². The predicted molar refractivity (Wildman–Crippen MR) is 137 cm³/mol. The van der Waals surface area contributed by atoms with Gasteiger partial charge in [0.15, 0.2) is 0 Å². The molecule has 0 amide bonds. The first-order valence-corrected chi connectivity index (χ1v) is 11.8. The second-order valence-corrected chi connectivity index (χ2v) is 9.15. The van der Waals surface area contributed by atoms with E-state index in [0.29, 0.717) is 16.2 Å². The van der Waals surface area contributed by atoms with Crippen LogP contribution in [0.4, 0.5) is 0 Å². The van der Waals surface area contributed by atoms with E-state index in [1.165, 1.54) is 23.8 Å². The smallest absolute Gasteiger partial charge is 0.318 e. The van der Waals surface area contributed by atoms with Crippen molar-refractivity contribution < 1.29 is 14.4 Å². The van der Waals surface area contributed by atoms with E-state index in [1.54, 1.807) is 6.92 Å². The van der Waals surface area contributed by atoms with E-state index < -0.39 is 5.97 Å². The van der Waals surface area contributed by atoms with Gasteiger partial charge < -0.3 is 9.40 Å². The summed E-state index contributed by atoms with van der Waals surface area (Å²) in [6.07, 6.45) is 0. The lowest BCUT2D eigenvalue weighted by Crippen LogP contribution is -1.99. The van der Waals surface area contributed by atoms with E-state index >= 15 is 0 Å². The Labute approximate surface area is 200 Å². The van der Waals surface area contributed by atoms with Crippen molar-refractivity contribution in [2.75, 3.05) is 0 Å². The number of hydrogen-bond donors (Lipinski definition) is 0. The lowest BCUT2D eigenvalue weighted by atomic mass is 10.0. The van der Waals surface area contributed by atoms with Gasteiger partial charge in [-0.05, 0) is 73.3 Å². The van der Waals surface area contributed by atoms with Crippen molar-refractivity contribution in [1.29, 1.82) is 0 Å². The molecule has 3 aromatic carbocycles. The molecule has 0 bridgehead atoms. The van der Waals surface area contributed by atoms with E-state index in [4.69, 9.17) is 4.84 Å². The van der Waals surface area contributed by atoms with Gasteiger partial charge >= 0.3 is 5.97 Å². The number of oxime groups is 1. The number of ketones is 1. The fourth-order valence-electron chi connectivity index (χ4n) is 4.10. The van der Waals surface area contributed by atoms with E-state index in [9.17, 15) is 9.59 Å². The summed E-state index contributed by atoms with van der Waals surface area (Å²) in [6.45, 7) is 5.19. The van der Waals surface area contributed by atoms with Crippen molar-refractivity contribution in [3.05, 3.63) is 99.7 Å². The van der Waals surface area contributed by atoms with Crippen LogP contribution in [-0.4, -0.2) is 22.0 Å². The van der Waals surface area contributed by atoms with Gasteiger partial charge in [-0.15, -0.1) is 11.3 Å². The molecule has 5 aromatic rings. The summed E-state index contributed by atoms with van der Waals surface area (Å²) in [4.78, 5) is 29.8. The quantitative estimate of drug-likeness (QED) is 0.126. The Morgan fingerprint density at radius 2 is 1.50 bits per heavy atom. The standard InChI is InChI=1S/C28H22N2O3S/c1-17-6-10-22(11-7-17)30-25-12-8-20(18(2)29-33-19(3)31)15-23(25)24-16-21(9-13-26(24)30)28(32)27-5-4-14-34-27/h4-16H,1-3H3. The average molecular weight is 467 g/mol. The third-order valence-electron chi connectivity index (χ3n) is 5.79. The lowest BCUT2D eigenvalue weighted by Gasteiger charge is -2.09. The molecule has 0 aliphatic carbocycles. The highest BCUT2D eigenvalue weighted by molar-refractivity contribution is 7.12. The summed E-state index contributed by atoms with van der Waals surface area (Å²) in [5.74, 6) is -0.454. The molecule has 2 aromatic heterocycles. The Morgan fingerprint density at radius 3 is 2.12 bits per heavy atom. The zero-order chi connectivity index (χ0) is 23.8. The van der Waals surface area contributed by atoms with Gasteiger partial charge in [0.25, 0.3) is 0 Å². The van der Waals surface area contributed by atoms with E-state index in [1.807, 2.05) is 53.9 Å². The zero-order valence-corrected chi connectivity index (χ0v) is 19.8. The van der Waals surface area contributed by atoms with Crippen LogP contribution in [0, 0.1) is 6.92 Å². The minimum absolute atomic E-state index is 0.0110. The highest BCUT2D eigenvalue weighted by Gasteiger charge is 2.17. The summed E-state index contributed by atoms with van der Waals surface area (Å²) in [5.41, 5.74) is 6.34. The first kappa shape index (κ1) is 21.8. The van der Waals surface area contributed by atoms with Crippen LogP contribution in [0.2, 0.25) is 0 Å². The summed E-state index contributed by atoms with van der Waals surface area (Å²) in [6, 6.07) is 24.0. The molecular weight excluding hydrogens is 444 g/mol. The van der Waals surface area contributed by atoms with E-state index in [2.05, 4.69) is 40.9 Å². The van der Waals surface area contributed by atoms with Crippen LogP contribution < -0.4 is 0 Å². The first-order valence-electron chi connectivity index (χ1n) is 10.9. The number of hydrogen-bond acceptors (Lipinski definition) is 5. The average Bonchev–Trinajstić information content (AvgIpc) is 3.49. The van der Waals surface area contributed by atoms with Gasteiger partial charge in [0.2, 0.25) is 5.78 Å². The summed E-state index contributed by atoms with van der Waals surface area (Å²) in [5, 5.41) is 7.82. The molecule has 0 spiro atoms. The topological polar surface area (TPSA) is 60.7 Å². The Morgan fingerprint density at radius 1 is 0.853 bits per heavy atom. The number of carbonyl (C=O) groups is 2. The largest absolute Gasteiger partial charge is 0.331 e. The molecule has 5 rings (SSSR count). The molecule has 2 heterocycles. The third-order valence-corrected chi connectivity index (χ3v) is 6.66.